The van der Waals surface area contributed by atoms with Crippen LogP contribution >= 0.6 is 0 Å². The fourth-order valence-corrected chi connectivity index (χ4v) is 1.03. The second-order valence-electron chi connectivity index (χ2n) is 3.24. The van der Waals surface area contributed by atoms with E-state index in [1.165, 1.54) is 0 Å². The van der Waals surface area contributed by atoms with Crippen molar-refractivity contribution in [1.82, 2.24) is 0 Å². The van der Waals surface area contributed by atoms with Crippen LogP contribution < -0.4 is 10.5 Å². The van der Waals surface area contributed by atoms with E-state index in [1.807, 2.05) is 31.2 Å². The topological polar surface area (TPSA) is 35.2 Å². The highest BCUT2D eigenvalue weighted by atomic mass is 16.5. The van der Waals surface area contributed by atoms with Crippen molar-refractivity contribution in [1.29, 1.82) is 0 Å². The molecule has 2 nitrogen and oxygen atoms in total. The van der Waals surface area contributed by atoms with E-state index < -0.39 is 0 Å². The average molecular weight is 179 g/mol. The molecule has 0 amide bonds. The highest BCUT2D eigenvalue weighted by Gasteiger charge is 2.01. The molecule has 1 aromatic carbocycles. The third-order valence-electron chi connectivity index (χ3n) is 2.07. The minimum absolute atomic E-state index is 0.139. The molecule has 0 aromatic heterocycles. The summed E-state index contributed by atoms with van der Waals surface area (Å²) in [4.78, 5) is 0. The van der Waals surface area contributed by atoms with Crippen molar-refractivity contribution in [3.05, 3.63) is 29.8 Å². The molecular formula is C11H17NO. The molecule has 0 saturated carbocycles. The fourth-order valence-electron chi connectivity index (χ4n) is 1.03. The van der Waals surface area contributed by atoms with Crippen molar-refractivity contribution in [3.8, 4) is 5.75 Å². The third-order valence-corrected chi connectivity index (χ3v) is 2.07. The van der Waals surface area contributed by atoms with Gasteiger partial charge in [0, 0.05) is 6.04 Å². The SMILES string of the molecule is CCC(N)COc1ccccc1C. The maximum Gasteiger partial charge on any atom is 0.122 e. The zero-order valence-corrected chi connectivity index (χ0v) is 8.29. The number of hydrogen-bond acceptors (Lipinski definition) is 2. The maximum absolute atomic E-state index is 5.75. The molecule has 0 bridgehead atoms. The Kier molecular flexibility index (Phi) is 3.77. The second kappa shape index (κ2) is 4.87. The predicted octanol–water partition coefficient (Wildman–Crippen LogP) is 2.11. The normalized spacial score (nSPS) is 12.5. The Hall–Kier alpha value is -1.02. The monoisotopic (exact) mass is 179 g/mol. The summed E-state index contributed by atoms with van der Waals surface area (Å²) in [5.74, 6) is 0.936. The van der Waals surface area contributed by atoms with Gasteiger partial charge in [-0.05, 0) is 25.0 Å². The molecule has 0 radical (unpaired) electrons. The number of aryl methyl sites for hydroxylation is 1. The highest BCUT2D eigenvalue weighted by molar-refractivity contribution is 5.31. The quantitative estimate of drug-likeness (QED) is 0.768. The summed E-state index contributed by atoms with van der Waals surface area (Å²) in [5, 5.41) is 0. The van der Waals surface area contributed by atoms with E-state index in [4.69, 9.17) is 10.5 Å². The standard InChI is InChI=1S/C11H17NO/c1-3-10(12)8-13-11-7-5-4-6-9(11)2/h4-7,10H,3,8,12H2,1-2H3. The Bertz CT molecular complexity index is 260. The van der Waals surface area contributed by atoms with Gasteiger partial charge < -0.3 is 10.5 Å². The summed E-state index contributed by atoms with van der Waals surface area (Å²) in [6, 6.07) is 8.12. The molecule has 72 valence electrons. The Labute approximate surface area is 79.7 Å². The van der Waals surface area contributed by atoms with Crippen LogP contribution in [0.25, 0.3) is 0 Å². The number of para-hydroxylation sites is 1. The molecule has 0 aliphatic carbocycles. The molecule has 2 N–H and O–H groups in total. The zero-order chi connectivity index (χ0) is 9.68. The van der Waals surface area contributed by atoms with Crippen molar-refractivity contribution in [2.24, 2.45) is 5.73 Å². The Balaban J connectivity index is 2.50. The average Bonchev–Trinajstić information content (AvgIpc) is 2.16. The van der Waals surface area contributed by atoms with Gasteiger partial charge in [0.05, 0.1) is 0 Å². The lowest BCUT2D eigenvalue weighted by atomic mass is 10.2. The van der Waals surface area contributed by atoms with Crippen LogP contribution in [0, 0.1) is 6.92 Å². The van der Waals surface area contributed by atoms with Gasteiger partial charge in [0.2, 0.25) is 0 Å². The van der Waals surface area contributed by atoms with E-state index >= 15 is 0 Å². The van der Waals surface area contributed by atoms with Crippen LogP contribution in [-0.4, -0.2) is 12.6 Å². The summed E-state index contributed by atoms with van der Waals surface area (Å²) >= 11 is 0. The van der Waals surface area contributed by atoms with Gasteiger partial charge in [-0.2, -0.15) is 0 Å². The van der Waals surface area contributed by atoms with E-state index in [9.17, 15) is 0 Å². The second-order valence-corrected chi connectivity index (χ2v) is 3.24. The molecule has 1 atom stereocenters. The van der Waals surface area contributed by atoms with Crippen LogP contribution in [-0.2, 0) is 0 Å². The minimum atomic E-state index is 0.139. The number of hydrogen-bond donors (Lipinski definition) is 1. The highest BCUT2D eigenvalue weighted by Crippen LogP contribution is 2.16. The van der Waals surface area contributed by atoms with Gasteiger partial charge in [-0.1, -0.05) is 25.1 Å². The lowest BCUT2D eigenvalue weighted by Crippen LogP contribution is -2.26. The Morgan fingerprint density at radius 2 is 2.08 bits per heavy atom. The van der Waals surface area contributed by atoms with Crippen molar-refractivity contribution in [2.45, 2.75) is 26.3 Å². The first-order valence-electron chi connectivity index (χ1n) is 4.68. The lowest BCUT2D eigenvalue weighted by Gasteiger charge is -2.12. The van der Waals surface area contributed by atoms with Crippen LogP contribution in [0.1, 0.15) is 18.9 Å². The van der Waals surface area contributed by atoms with Gasteiger partial charge in [-0.15, -0.1) is 0 Å². The molecule has 0 saturated heterocycles. The number of ether oxygens (including phenoxy) is 1. The maximum atomic E-state index is 5.75. The van der Waals surface area contributed by atoms with Gasteiger partial charge in [-0.3, -0.25) is 0 Å². The van der Waals surface area contributed by atoms with E-state index in [-0.39, 0.29) is 6.04 Å². The Morgan fingerprint density at radius 3 is 2.69 bits per heavy atom. The van der Waals surface area contributed by atoms with E-state index in [2.05, 4.69) is 6.92 Å². The zero-order valence-electron chi connectivity index (χ0n) is 8.29. The molecule has 1 rings (SSSR count). The van der Waals surface area contributed by atoms with Gasteiger partial charge >= 0.3 is 0 Å². The number of rotatable bonds is 4. The van der Waals surface area contributed by atoms with Gasteiger partial charge in [0.25, 0.3) is 0 Å². The molecule has 0 aliphatic rings. The smallest absolute Gasteiger partial charge is 0.122 e. The molecule has 0 aliphatic heterocycles. The third kappa shape index (κ3) is 3.07. The molecular weight excluding hydrogens is 162 g/mol. The largest absolute Gasteiger partial charge is 0.492 e. The summed E-state index contributed by atoms with van der Waals surface area (Å²) in [5.41, 5.74) is 6.90. The molecule has 0 spiro atoms. The minimum Gasteiger partial charge on any atom is -0.492 e. The summed E-state index contributed by atoms with van der Waals surface area (Å²) in [7, 11) is 0. The molecule has 1 unspecified atom stereocenters. The van der Waals surface area contributed by atoms with E-state index in [1.54, 1.807) is 0 Å². The van der Waals surface area contributed by atoms with Crippen molar-refractivity contribution in [3.63, 3.8) is 0 Å². The van der Waals surface area contributed by atoms with E-state index in [0.717, 1.165) is 17.7 Å². The number of nitrogens with two attached hydrogens (primary N) is 1. The van der Waals surface area contributed by atoms with Gasteiger partial charge in [0.15, 0.2) is 0 Å². The van der Waals surface area contributed by atoms with Crippen LogP contribution in [0.15, 0.2) is 24.3 Å². The number of benzene rings is 1. The first-order valence-corrected chi connectivity index (χ1v) is 4.68. The van der Waals surface area contributed by atoms with Crippen LogP contribution in [0.5, 0.6) is 5.75 Å². The molecule has 0 fully saturated rings. The molecule has 13 heavy (non-hydrogen) atoms. The van der Waals surface area contributed by atoms with Crippen LogP contribution in [0.2, 0.25) is 0 Å². The summed E-state index contributed by atoms with van der Waals surface area (Å²) in [6.45, 7) is 4.69. The van der Waals surface area contributed by atoms with Crippen molar-refractivity contribution >= 4 is 0 Å². The first-order chi connectivity index (χ1) is 6.24. The van der Waals surface area contributed by atoms with Gasteiger partial charge in [-0.25, -0.2) is 0 Å². The molecule has 0 heterocycles. The summed E-state index contributed by atoms with van der Waals surface area (Å²) < 4.78 is 5.56. The van der Waals surface area contributed by atoms with Crippen molar-refractivity contribution in [2.75, 3.05) is 6.61 Å². The molecule has 1 aromatic rings. The van der Waals surface area contributed by atoms with Crippen LogP contribution in [0.3, 0.4) is 0 Å². The Morgan fingerprint density at radius 1 is 1.38 bits per heavy atom. The van der Waals surface area contributed by atoms with Crippen molar-refractivity contribution < 1.29 is 4.74 Å². The van der Waals surface area contributed by atoms with Gasteiger partial charge in [0.1, 0.15) is 12.4 Å². The lowest BCUT2D eigenvalue weighted by molar-refractivity contribution is 0.283. The summed E-state index contributed by atoms with van der Waals surface area (Å²) in [6.07, 6.45) is 0.950. The first kappa shape index (κ1) is 10.1. The fraction of sp³-hybridized carbons (Fsp3) is 0.455. The predicted molar refractivity (Wildman–Crippen MR) is 54.9 cm³/mol. The van der Waals surface area contributed by atoms with E-state index in [0.29, 0.717) is 6.61 Å². The molecule has 2 heteroatoms. The van der Waals surface area contributed by atoms with Crippen LogP contribution in [0.4, 0.5) is 0 Å².